The van der Waals surface area contributed by atoms with Crippen LogP contribution in [0.15, 0.2) is 30.6 Å². The van der Waals surface area contributed by atoms with Gasteiger partial charge in [0.15, 0.2) is 11.5 Å². The highest BCUT2D eigenvalue weighted by molar-refractivity contribution is 6.43. The van der Waals surface area contributed by atoms with Crippen molar-refractivity contribution in [2.45, 2.75) is 38.7 Å². The number of halogens is 1. The number of hydrogen-bond acceptors (Lipinski definition) is 5. The van der Waals surface area contributed by atoms with Gasteiger partial charge in [0.05, 0.1) is 13.7 Å². The summed E-state index contributed by atoms with van der Waals surface area (Å²) in [4.78, 5) is 4.34. The molecule has 1 saturated heterocycles. The summed E-state index contributed by atoms with van der Waals surface area (Å²) in [5.74, 6) is 0.978. The molecule has 0 aliphatic carbocycles. The van der Waals surface area contributed by atoms with E-state index in [4.69, 9.17) is 14.1 Å². The van der Waals surface area contributed by atoms with Gasteiger partial charge >= 0.3 is 7.12 Å². The lowest BCUT2D eigenvalue weighted by Gasteiger charge is -2.25. The predicted molar refractivity (Wildman–Crippen MR) is 103 cm³/mol. The van der Waals surface area contributed by atoms with Gasteiger partial charge in [-0.2, -0.15) is 0 Å². The van der Waals surface area contributed by atoms with Crippen LogP contribution in [0.2, 0.25) is 6.32 Å². The molecule has 7 heteroatoms. The van der Waals surface area contributed by atoms with Crippen molar-refractivity contribution in [1.29, 1.82) is 0 Å². The van der Waals surface area contributed by atoms with E-state index in [9.17, 15) is 5.02 Å². The Bertz CT molecular complexity index is 809. The molecule has 1 aromatic heterocycles. The van der Waals surface area contributed by atoms with Gasteiger partial charge in [-0.25, -0.2) is 4.39 Å². The van der Waals surface area contributed by atoms with E-state index < -0.39 is 12.8 Å². The molecular formula is C20H25BFNO4. The van der Waals surface area contributed by atoms with Crippen molar-refractivity contribution >= 4 is 7.12 Å². The molecule has 1 atom stereocenters. The third kappa shape index (κ3) is 4.09. The zero-order valence-corrected chi connectivity index (χ0v) is 16.2. The Morgan fingerprint density at radius 2 is 2.15 bits per heavy atom. The van der Waals surface area contributed by atoms with Gasteiger partial charge in [0, 0.05) is 36.0 Å². The van der Waals surface area contributed by atoms with Crippen molar-refractivity contribution < 1.29 is 23.5 Å². The van der Waals surface area contributed by atoms with Crippen LogP contribution < -0.4 is 9.47 Å². The lowest BCUT2D eigenvalue weighted by atomic mass is 9.79. The van der Waals surface area contributed by atoms with Crippen LogP contribution in [-0.4, -0.2) is 37.4 Å². The van der Waals surface area contributed by atoms with E-state index in [1.807, 2.05) is 19.1 Å². The Morgan fingerprint density at radius 1 is 1.37 bits per heavy atom. The van der Waals surface area contributed by atoms with Crippen molar-refractivity contribution in [3.63, 3.8) is 0 Å². The molecule has 0 bridgehead atoms. The summed E-state index contributed by atoms with van der Waals surface area (Å²) in [5.41, 5.74) is 1.25. The molecule has 1 N–H and O–H groups in total. The van der Waals surface area contributed by atoms with Crippen LogP contribution in [0.5, 0.6) is 11.5 Å². The largest absolute Gasteiger partial charge is 0.493 e. The van der Waals surface area contributed by atoms with E-state index in [0.717, 1.165) is 11.1 Å². The molecule has 3 rings (SSSR count). The van der Waals surface area contributed by atoms with E-state index in [1.54, 1.807) is 25.6 Å². The lowest BCUT2D eigenvalue weighted by Crippen LogP contribution is -2.14. The maximum Gasteiger partial charge on any atom is 0.454 e. The third-order valence-corrected chi connectivity index (χ3v) is 4.74. The SMILES string of the molecule is CCOc1c(OC)ccc(-c2cncc(C3COB(O)C3)c2)c1C(C)(C)F. The first-order chi connectivity index (χ1) is 12.8. The molecule has 5 nitrogen and oxygen atoms in total. The standard InChI is InChI=1S/C20H25BFNO4/c1-5-26-19-17(25-4)7-6-16(18(19)20(2,3)22)14-8-13(10-23-11-14)15-9-21(24)27-12-15/h6-8,10-11,15,24H,5,9,12H2,1-4H3. The smallest absolute Gasteiger partial charge is 0.454 e. The minimum absolute atomic E-state index is 0.0684. The first-order valence-electron chi connectivity index (χ1n) is 9.13. The zero-order valence-electron chi connectivity index (χ0n) is 16.2. The molecule has 144 valence electrons. The van der Waals surface area contributed by atoms with Gasteiger partial charge in [-0.05, 0) is 56.4 Å². The molecule has 0 spiro atoms. The molecule has 1 aliphatic heterocycles. The van der Waals surface area contributed by atoms with E-state index in [0.29, 0.717) is 42.2 Å². The van der Waals surface area contributed by atoms with Crippen LogP contribution >= 0.6 is 0 Å². The Kier molecular flexibility index (Phi) is 5.72. The van der Waals surface area contributed by atoms with Gasteiger partial charge in [0.25, 0.3) is 0 Å². The van der Waals surface area contributed by atoms with Crippen LogP contribution in [-0.2, 0) is 10.3 Å². The van der Waals surface area contributed by atoms with Crippen LogP contribution in [0.1, 0.15) is 37.8 Å². The number of pyridine rings is 1. The van der Waals surface area contributed by atoms with Crippen LogP contribution in [0.4, 0.5) is 4.39 Å². The van der Waals surface area contributed by atoms with Crippen LogP contribution in [0.25, 0.3) is 11.1 Å². The Hall–Kier alpha value is -2.12. The number of ether oxygens (including phenoxy) is 2. The first kappa shape index (κ1) is 19.6. The summed E-state index contributed by atoms with van der Waals surface area (Å²) in [7, 11) is 0.796. The van der Waals surface area contributed by atoms with Crippen molar-refractivity contribution in [1.82, 2.24) is 4.98 Å². The van der Waals surface area contributed by atoms with Gasteiger partial charge in [-0.3, -0.25) is 4.98 Å². The topological polar surface area (TPSA) is 60.8 Å². The average Bonchev–Trinajstić information content (AvgIpc) is 3.07. The highest BCUT2D eigenvalue weighted by Gasteiger charge is 2.32. The second-order valence-electron chi connectivity index (χ2n) is 7.15. The summed E-state index contributed by atoms with van der Waals surface area (Å²) in [6.07, 6.45) is 4.00. The maximum absolute atomic E-state index is 15.2. The molecule has 1 fully saturated rings. The number of aromatic nitrogens is 1. The summed E-state index contributed by atoms with van der Waals surface area (Å²) in [6, 6.07) is 5.59. The summed E-state index contributed by atoms with van der Waals surface area (Å²) >= 11 is 0. The van der Waals surface area contributed by atoms with E-state index >= 15 is 4.39 Å². The molecule has 2 aromatic rings. The quantitative estimate of drug-likeness (QED) is 0.777. The van der Waals surface area contributed by atoms with Crippen LogP contribution in [0, 0.1) is 0 Å². The number of methoxy groups -OCH3 is 1. The Morgan fingerprint density at radius 3 is 2.74 bits per heavy atom. The summed E-state index contributed by atoms with van der Waals surface area (Å²) in [5, 5.41) is 9.63. The first-order valence-corrected chi connectivity index (χ1v) is 9.13. The average molecular weight is 373 g/mol. The number of benzene rings is 1. The molecule has 27 heavy (non-hydrogen) atoms. The fourth-order valence-corrected chi connectivity index (χ4v) is 3.51. The molecule has 0 amide bonds. The van der Waals surface area contributed by atoms with Gasteiger partial charge in [0.1, 0.15) is 5.67 Å². The number of hydrogen-bond donors (Lipinski definition) is 1. The predicted octanol–water partition coefficient (Wildman–Crippen LogP) is 3.95. The van der Waals surface area contributed by atoms with Gasteiger partial charge < -0.3 is 19.2 Å². The monoisotopic (exact) mass is 373 g/mol. The lowest BCUT2D eigenvalue weighted by molar-refractivity contribution is 0.207. The Balaban J connectivity index is 2.12. The number of rotatable bonds is 6. The highest BCUT2D eigenvalue weighted by atomic mass is 19.1. The Labute approximate surface area is 159 Å². The molecule has 1 unspecified atom stereocenters. The summed E-state index contributed by atoms with van der Waals surface area (Å²) in [6.45, 7) is 5.71. The second kappa shape index (κ2) is 7.86. The van der Waals surface area contributed by atoms with Crippen LogP contribution in [0.3, 0.4) is 0 Å². The fraction of sp³-hybridized carbons (Fsp3) is 0.450. The molecule has 1 aromatic carbocycles. The second-order valence-corrected chi connectivity index (χ2v) is 7.15. The molecule has 2 heterocycles. The normalized spacial score (nSPS) is 17.3. The maximum atomic E-state index is 15.2. The zero-order chi connectivity index (χ0) is 19.6. The van der Waals surface area contributed by atoms with E-state index in [-0.39, 0.29) is 5.92 Å². The minimum atomic E-state index is -1.64. The minimum Gasteiger partial charge on any atom is -0.493 e. The van der Waals surface area contributed by atoms with Crippen molar-refractivity contribution in [3.05, 3.63) is 41.7 Å². The number of nitrogens with zero attached hydrogens (tertiary/aromatic N) is 1. The van der Waals surface area contributed by atoms with Gasteiger partial charge in [-0.1, -0.05) is 0 Å². The third-order valence-electron chi connectivity index (χ3n) is 4.74. The fourth-order valence-electron chi connectivity index (χ4n) is 3.51. The van der Waals surface area contributed by atoms with Gasteiger partial charge in [-0.15, -0.1) is 0 Å². The van der Waals surface area contributed by atoms with Gasteiger partial charge in [0.2, 0.25) is 0 Å². The van der Waals surface area contributed by atoms with Crippen molar-refractivity contribution in [2.24, 2.45) is 0 Å². The van der Waals surface area contributed by atoms with Crippen molar-refractivity contribution in [3.8, 4) is 22.6 Å². The molecule has 0 saturated carbocycles. The molecular weight excluding hydrogens is 348 g/mol. The molecule has 1 aliphatic rings. The van der Waals surface area contributed by atoms with E-state index in [1.165, 1.54) is 13.8 Å². The summed E-state index contributed by atoms with van der Waals surface area (Å²) < 4.78 is 31.6. The highest BCUT2D eigenvalue weighted by Crippen LogP contribution is 2.45. The van der Waals surface area contributed by atoms with E-state index in [2.05, 4.69) is 4.98 Å². The number of alkyl halides is 1. The van der Waals surface area contributed by atoms with Crippen molar-refractivity contribution in [2.75, 3.05) is 20.3 Å². The molecule has 0 radical (unpaired) electrons.